The van der Waals surface area contributed by atoms with Crippen LogP contribution in [0.1, 0.15) is 11.1 Å². The van der Waals surface area contributed by atoms with E-state index < -0.39 is 11.7 Å². The molecular formula is C11H8F3N. The lowest BCUT2D eigenvalue weighted by molar-refractivity contribution is -0.138. The topological polar surface area (TPSA) is 12.9 Å². The maximum Gasteiger partial charge on any atom is 0.418 e. The summed E-state index contributed by atoms with van der Waals surface area (Å²) < 4.78 is 37.6. The Bertz CT molecular complexity index is 503. The first-order valence-electron chi connectivity index (χ1n) is 4.41. The molecule has 0 fully saturated rings. The summed E-state index contributed by atoms with van der Waals surface area (Å²) >= 11 is 0. The molecular weight excluding hydrogens is 203 g/mol. The summed E-state index contributed by atoms with van der Waals surface area (Å²) in [6, 6.07) is 6.80. The van der Waals surface area contributed by atoms with Crippen LogP contribution >= 0.6 is 0 Å². The number of para-hydroxylation sites is 1. The lowest BCUT2D eigenvalue weighted by Crippen LogP contribution is -2.08. The average molecular weight is 211 g/mol. The maximum absolute atomic E-state index is 12.5. The van der Waals surface area contributed by atoms with Crippen LogP contribution in [0.25, 0.3) is 10.9 Å². The summed E-state index contributed by atoms with van der Waals surface area (Å²) in [5, 5.41) is 0.548. The van der Waals surface area contributed by atoms with Gasteiger partial charge in [-0.3, -0.25) is 4.98 Å². The van der Waals surface area contributed by atoms with Gasteiger partial charge in [-0.25, -0.2) is 0 Å². The monoisotopic (exact) mass is 211 g/mol. The third-order valence-electron chi connectivity index (χ3n) is 2.35. The van der Waals surface area contributed by atoms with E-state index in [9.17, 15) is 13.2 Å². The van der Waals surface area contributed by atoms with Crippen molar-refractivity contribution in [2.24, 2.45) is 0 Å². The highest BCUT2D eigenvalue weighted by molar-refractivity contribution is 5.82. The Balaban J connectivity index is 2.76. The largest absolute Gasteiger partial charge is 0.418 e. The number of hydrogen-bond donors (Lipinski definition) is 0. The van der Waals surface area contributed by atoms with Gasteiger partial charge in [-0.15, -0.1) is 0 Å². The fourth-order valence-corrected chi connectivity index (χ4v) is 1.57. The predicted molar refractivity (Wildman–Crippen MR) is 51.5 cm³/mol. The minimum absolute atomic E-state index is 0.230. The molecule has 0 radical (unpaired) electrons. The smallest absolute Gasteiger partial charge is 0.256 e. The summed E-state index contributed by atoms with van der Waals surface area (Å²) in [4.78, 5) is 3.79. The average Bonchev–Trinajstić information content (AvgIpc) is 2.16. The van der Waals surface area contributed by atoms with Gasteiger partial charge in [0.2, 0.25) is 0 Å². The number of nitrogens with zero attached hydrogens (tertiary/aromatic N) is 1. The maximum atomic E-state index is 12.5. The van der Waals surface area contributed by atoms with Crippen molar-refractivity contribution in [3.63, 3.8) is 0 Å². The zero-order valence-electron chi connectivity index (χ0n) is 7.97. The third kappa shape index (κ3) is 1.67. The minimum atomic E-state index is -4.33. The minimum Gasteiger partial charge on any atom is -0.256 e. The molecule has 0 unspecified atom stereocenters. The highest BCUT2D eigenvalue weighted by atomic mass is 19.4. The van der Waals surface area contributed by atoms with Crippen LogP contribution in [0.2, 0.25) is 0 Å². The van der Waals surface area contributed by atoms with Gasteiger partial charge in [0, 0.05) is 11.6 Å². The van der Waals surface area contributed by atoms with E-state index in [1.54, 1.807) is 24.3 Å². The van der Waals surface area contributed by atoms with Gasteiger partial charge in [0.15, 0.2) is 0 Å². The molecule has 0 aliphatic carbocycles. The lowest BCUT2D eigenvalue weighted by atomic mass is 10.1. The molecule has 15 heavy (non-hydrogen) atoms. The Morgan fingerprint density at radius 3 is 2.47 bits per heavy atom. The second kappa shape index (κ2) is 3.22. The Morgan fingerprint density at radius 2 is 1.80 bits per heavy atom. The number of benzene rings is 1. The van der Waals surface area contributed by atoms with Crippen LogP contribution in [0.3, 0.4) is 0 Å². The molecule has 0 bridgehead atoms. The van der Waals surface area contributed by atoms with Crippen molar-refractivity contribution in [3.8, 4) is 0 Å². The van der Waals surface area contributed by atoms with Crippen molar-refractivity contribution in [1.29, 1.82) is 0 Å². The molecule has 1 aromatic heterocycles. The van der Waals surface area contributed by atoms with Crippen LogP contribution in [0, 0.1) is 6.92 Å². The van der Waals surface area contributed by atoms with E-state index in [4.69, 9.17) is 0 Å². The molecule has 0 amide bonds. The van der Waals surface area contributed by atoms with Crippen LogP contribution < -0.4 is 0 Å². The lowest BCUT2D eigenvalue weighted by Gasteiger charge is -2.11. The molecule has 0 atom stereocenters. The number of rotatable bonds is 0. The van der Waals surface area contributed by atoms with E-state index in [1.165, 1.54) is 6.92 Å². The number of fused-ring (bicyclic) bond motifs is 1. The van der Waals surface area contributed by atoms with E-state index in [-0.39, 0.29) is 5.56 Å². The molecule has 2 rings (SSSR count). The summed E-state index contributed by atoms with van der Waals surface area (Å²) in [5.74, 6) is 0. The first kappa shape index (κ1) is 9.96. The molecule has 0 N–H and O–H groups in total. The fraction of sp³-hybridized carbons (Fsp3) is 0.182. The molecule has 0 saturated carbocycles. The SMILES string of the molecule is Cc1c(C(F)(F)F)cnc2ccccc12. The molecule has 0 saturated heterocycles. The van der Waals surface area contributed by atoms with Crippen molar-refractivity contribution in [2.75, 3.05) is 0 Å². The quantitative estimate of drug-likeness (QED) is 0.649. The summed E-state index contributed by atoms with van der Waals surface area (Å²) in [6.45, 7) is 1.47. The van der Waals surface area contributed by atoms with Gasteiger partial charge in [0.25, 0.3) is 0 Å². The highest BCUT2D eigenvalue weighted by Crippen LogP contribution is 2.33. The molecule has 0 aliphatic rings. The molecule has 78 valence electrons. The van der Waals surface area contributed by atoms with Crippen LogP contribution in [0.15, 0.2) is 30.5 Å². The molecule has 0 spiro atoms. The van der Waals surface area contributed by atoms with Crippen molar-refractivity contribution in [2.45, 2.75) is 13.1 Å². The first-order chi connectivity index (χ1) is 7.00. The fourth-order valence-electron chi connectivity index (χ4n) is 1.57. The van der Waals surface area contributed by atoms with Crippen molar-refractivity contribution >= 4 is 10.9 Å². The van der Waals surface area contributed by atoms with Gasteiger partial charge in [-0.2, -0.15) is 13.2 Å². The summed E-state index contributed by atoms with van der Waals surface area (Å²) in [5.41, 5.74) is 0.150. The van der Waals surface area contributed by atoms with E-state index in [1.807, 2.05) is 0 Å². The second-order valence-electron chi connectivity index (χ2n) is 3.31. The number of hydrogen-bond acceptors (Lipinski definition) is 1. The van der Waals surface area contributed by atoms with E-state index in [2.05, 4.69) is 4.98 Å². The van der Waals surface area contributed by atoms with E-state index in [0.29, 0.717) is 10.9 Å². The number of aryl methyl sites for hydroxylation is 1. The van der Waals surface area contributed by atoms with E-state index in [0.717, 1.165) is 6.20 Å². The number of aromatic nitrogens is 1. The van der Waals surface area contributed by atoms with Gasteiger partial charge in [-0.05, 0) is 18.6 Å². The molecule has 1 nitrogen and oxygen atoms in total. The number of alkyl halides is 3. The zero-order chi connectivity index (χ0) is 11.1. The van der Waals surface area contributed by atoms with E-state index >= 15 is 0 Å². The highest BCUT2D eigenvalue weighted by Gasteiger charge is 2.33. The van der Waals surface area contributed by atoms with Crippen LogP contribution in [0.5, 0.6) is 0 Å². The van der Waals surface area contributed by atoms with Gasteiger partial charge >= 0.3 is 6.18 Å². The van der Waals surface area contributed by atoms with Crippen LogP contribution in [-0.2, 0) is 6.18 Å². The van der Waals surface area contributed by atoms with Gasteiger partial charge in [0.1, 0.15) is 0 Å². The Hall–Kier alpha value is -1.58. The van der Waals surface area contributed by atoms with Crippen molar-refractivity contribution in [1.82, 2.24) is 4.98 Å². The number of pyridine rings is 1. The molecule has 4 heteroatoms. The zero-order valence-corrected chi connectivity index (χ0v) is 7.97. The normalized spacial score (nSPS) is 12.0. The Labute approximate surface area is 84.6 Å². The standard InChI is InChI=1S/C11H8F3N/c1-7-8-4-2-3-5-10(8)15-6-9(7)11(12,13)14/h2-6H,1H3. The second-order valence-corrected chi connectivity index (χ2v) is 3.31. The van der Waals surface area contributed by atoms with Crippen molar-refractivity contribution in [3.05, 3.63) is 41.6 Å². The molecule has 2 aromatic rings. The number of halogens is 3. The first-order valence-corrected chi connectivity index (χ1v) is 4.41. The molecule has 0 aliphatic heterocycles. The van der Waals surface area contributed by atoms with Crippen LogP contribution in [-0.4, -0.2) is 4.98 Å². The molecule has 1 aromatic carbocycles. The van der Waals surface area contributed by atoms with Gasteiger partial charge in [-0.1, -0.05) is 18.2 Å². The van der Waals surface area contributed by atoms with Gasteiger partial charge in [0.05, 0.1) is 11.1 Å². The predicted octanol–water partition coefficient (Wildman–Crippen LogP) is 3.56. The third-order valence-corrected chi connectivity index (χ3v) is 2.35. The van der Waals surface area contributed by atoms with Crippen LogP contribution in [0.4, 0.5) is 13.2 Å². The molecule has 1 heterocycles. The Morgan fingerprint density at radius 1 is 1.13 bits per heavy atom. The van der Waals surface area contributed by atoms with Crippen molar-refractivity contribution < 1.29 is 13.2 Å². The Kier molecular flexibility index (Phi) is 2.14. The summed E-state index contributed by atoms with van der Waals surface area (Å²) in [7, 11) is 0. The summed E-state index contributed by atoms with van der Waals surface area (Å²) in [6.07, 6.45) is -3.45. The van der Waals surface area contributed by atoms with Gasteiger partial charge < -0.3 is 0 Å².